The van der Waals surface area contributed by atoms with Gasteiger partial charge in [-0.05, 0) is 35.9 Å². The van der Waals surface area contributed by atoms with Crippen molar-refractivity contribution in [1.82, 2.24) is 5.32 Å². The molecule has 0 fully saturated rings. The molecule has 3 nitrogen and oxygen atoms in total. The van der Waals surface area contributed by atoms with Gasteiger partial charge in [-0.15, -0.1) is 0 Å². The number of phenols is 1. The van der Waals surface area contributed by atoms with Crippen LogP contribution in [-0.2, 0) is 6.54 Å². The summed E-state index contributed by atoms with van der Waals surface area (Å²) in [4.78, 5) is 11.8. The van der Waals surface area contributed by atoms with Crippen LogP contribution < -0.4 is 5.32 Å². The van der Waals surface area contributed by atoms with Crippen molar-refractivity contribution in [2.24, 2.45) is 0 Å². The Kier molecular flexibility index (Phi) is 4.02. The molecule has 2 rings (SSSR count). The maximum atomic E-state index is 13.5. The zero-order chi connectivity index (χ0) is 13.8. The van der Waals surface area contributed by atoms with E-state index in [1.54, 1.807) is 12.1 Å². The van der Waals surface area contributed by atoms with Gasteiger partial charge in [0.2, 0.25) is 0 Å². The number of carbonyl (C=O) groups is 1. The highest BCUT2D eigenvalue weighted by Crippen LogP contribution is 2.15. The topological polar surface area (TPSA) is 49.3 Å². The lowest BCUT2D eigenvalue weighted by molar-refractivity contribution is 0.0947. The predicted octanol–water partition coefficient (Wildman–Crippen LogP) is 3.11. The average molecular weight is 280 g/mol. The molecule has 0 bridgehead atoms. The number of benzene rings is 2. The Bertz CT molecular complexity index is 616. The molecule has 5 heteroatoms. The lowest BCUT2D eigenvalue weighted by Gasteiger charge is -2.07. The summed E-state index contributed by atoms with van der Waals surface area (Å²) in [5, 5.41) is 12.1. The van der Waals surface area contributed by atoms with Crippen LogP contribution in [0.25, 0.3) is 0 Å². The molecular weight excluding hydrogens is 269 g/mol. The number of nitrogens with one attached hydrogen (secondary N) is 1. The molecule has 0 aliphatic rings. The molecule has 98 valence electrons. The van der Waals surface area contributed by atoms with Crippen molar-refractivity contribution >= 4 is 17.5 Å². The van der Waals surface area contributed by atoms with E-state index in [4.69, 9.17) is 11.6 Å². The van der Waals surface area contributed by atoms with Gasteiger partial charge in [-0.1, -0.05) is 23.7 Å². The number of carbonyl (C=O) groups excluding carboxylic acids is 1. The van der Waals surface area contributed by atoms with E-state index >= 15 is 0 Å². The molecule has 0 spiro atoms. The van der Waals surface area contributed by atoms with Crippen LogP contribution in [-0.4, -0.2) is 11.0 Å². The summed E-state index contributed by atoms with van der Waals surface area (Å²) < 4.78 is 13.5. The van der Waals surface area contributed by atoms with Gasteiger partial charge in [0, 0.05) is 11.6 Å². The Morgan fingerprint density at radius 3 is 2.79 bits per heavy atom. The second-order valence-corrected chi connectivity index (χ2v) is 4.41. The molecule has 19 heavy (non-hydrogen) atoms. The normalized spacial score (nSPS) is 10.2. The molecule has 0 atom stereocenters. The largest absolute Gasteiger partial charge is 0.508 e. The summed E-state index contributed by atoms with van der Waals surface area (Å²) in [5.41, 5.74) is 0.614. The van der Waals surface area contributed by atoms with Crippen molar-refractivity contribution in [3.8, 4) is 5.75 Å². The van der Waals surface area contributed by atoms with Crippen LogP contribution in [0.5, 0.6) is 5.75 Å². The zero-order valence-corrected chi connectivity index (χ0v) is 10.6. The summed E-state index contributed by atoms with van der Waals surface area (Å²) in [5.74, 6) is -1.07. The Morgan fingerprint density at radius 2 is 2.05 bits per heavy atom. The first-order valence-corrected chi connectivity index (χ1v) is 5.95. The lowest BCUT2D eigenvalue weighted by Crippen LogP contribution is -2.23. The van der Waals surface area contributed by atoms with Crippen LogP contribution >= 0.6 is 11.6 Å². The van der Waals surface area contributed by atoms with E-state index in [0.717, 1.165) is 11.6 Å². The number of hydrogen-bond donors (Lipinski definition) is 2. The van der Waals surface area contributed by atoms with Gasteiger partial charge in [0.25, 0.3) is 5.91 Å². The Labute approximate surface area is 114 Å². The monoisotopic (exact) mass is 279 g/mol. The van der Waals surface area contributed by atoms with E-state index in [1.165, 1.54) is 24.3 Å². The van der Waals surface area contributed by atoms with E-state index in [1.807, 2.05) is 0 Å². The number of aromatic hydroxyl groups is 1. The average Bonchev–Trinajstić information content (AvgIpc) is 2.39. The molecule has 2 aromatic rings. The highest BCUT2D eigenvalue weighted by Gasteiger charge is 2.11. The van der Waals surface area contributed by atoms with Crippen molar-refractivity contribution < 1.29 is 14.3 Å². The SMILES string of the molecule is O=C(NCc1cccc(O)c1)c1cc(Cl)ccc1F. The molecule has 0 saturated carbocycles. The van der Waals surface area contributed by atoms with E-state index in [-0.39, 0.29) is 17.9 Å². The highest BCUT2D eigenvalue weighted by molar-refractivity contribution is 6.30. The van der Waals surface area contributed by atoms with Crippen LogP contribution in [0.3, 0.4) is 0 Å². The molecule has 0 heterocycles. The van der Waals surface area contributed by atoms with Crippen molar-refractivity contribution in [2.75, 3.05) is 0 Å². The van der Waals surface area contributed by atoms with Crippen LogP contribution in [0.1, 0.15) is 15.9 Å². The van der Waals surface area contributed by atoms with Gasteiger partial charge in [0.15, 0.2) is 0 Å². The van der Waals surface area contributed by atoms with Crippen LogP contribution in [0.4, 0.5) is 4.39 Å². The molecule has 0 aliphatic heterocycles. The fourth-order valence-electron chi connectivity index (χ4n) is 1.62. The van der Waals surface area contributed by atoms with Gasteiger partial charge in [-0.2, -0.15) is 0 Å². The van der Waals surface area contributed by atoms with E-state index < -0.39 is 11.7 Å². The predicted molar refractivity (Wildman–Crippen MR) is 70.7 cm³/mol. The summed E-state index contributed by atoms with van der Waals surface area (Å²) in [6.07, 6.45) is 0. The third-order valence-electron chi connectivity index (χ3n) is 2.54. The Hall–Kier alpha value is -2.07. The summed E-state index contributed by atoms with van der Waals surface area (Å²) in [6.45, 7) is 0.194. The zero-order valence-electron chi connectivity index (χ0n) is 9.86. The molecule has 0 radical (unpaired) electrons. The first-order chi connectivity index (χ1) is 9.06. The molecule has 0 unspecified atom stereocenters. The van der Waals surface area contributed by atoms with E-state index in [0.29, 0.717) is 5.02 Å². The summed E-state index contributed by atoms with van der Waals surface area (Å²) in [6, 6.07) is 10.3. The molecular formula is C14H11ClFNO2. The van der Waals surface area contributed by atoms with Crippen LogP contribution in [0.15, 0.2) is 42.5 Å². The molecule has 0 aromatic heterocycles. The highest BCUT2D eigenvalue weighted by atomic mass is 35.5. The molecule has 2 aromatic carbocycles. The third-order valence-corrected chi connectivity index (χ3v) is 2.77. The molecule has 1 amide bonds. The fraction of sp³-hybridized carbons (Fsp3) is 0.0714. The van der Waals surface area contributed by atoms with E-state index in [2.05, 4.69) is 5.32 Å². The molecule has 2 N–H and O–H groups in total. The van der Waals surface area contributed by atoms with Crippen molar-refractivity contribution in [3.05, 3.63) is 64.4 Å². The number of amides is 1. The maximum Gasteiger partial charge on any atom is 0.254 e. The van der Waals surface area contributed by atoms with Crippen molar-refractivity contribution in [1.29, 1.82) is 0 Å². The Morgan fingerprint density at radius 1 is 1.26 bits per heavy atom. The first kappa shape index (κ1) is 13.4. The fourth-order valence-corrected chi connectivity index (χ4v) is 1.79. The number of phenolic OH excluding ortho intramolecular Hbond substituents is 1. The van der Waals surface area contributed by atoms with Gasteiger partial charge in [0.05, 0.1) is 5.56 Å². The van der Waals surface area contributed by atoms with Crippen LogP contribution in [0, 0.1) is 5.82 Å². The van der Waals surface area contributed by atoms with Gasteiger partial charge in [-0.25, -0.2) is 4.39 Å². The minimum absolute atomic E-state index is 0.104. The summed E-state index contributed by atoms with van der Waals surface area (Å²) >= 11 is 5.72. The second-order valence-electron chi connectivity index (χ2n) is 3.98. The number of hydrogen-bond acceptors (Lipinski definition) is 2. The lowest BCUT2D eigenvalue weighted by atomic mass is 10.1. The Balaban J connectivity index is 2.07. The summed E-state index contributed by atoms with van der Waals surface area (Å²) in [7, 11) is 0. The molecule has 0 saturated heterocycles. The first-order valence-electron chi connectivity index (χ1n) is 5.57. The minimum atomic E-state index is -0.627. The smallest absolute Gasteiger partial charge is 0.254 e. The van der Waals surface area contributed by atoms with Crippen molar-refractivity contribution in [2.45, 2.75) is 6.54 Å². The molecule has 0 aliphatic carbocycles. The van der Waals surface area contributed by atoms with Gasteiger partial charge >= 0.3 is 0 Å². The standard InChI is InChI=1S/C14H11ClFNO2/c15-10-4-5-13(16)12(7-10)14(19)17-8-9-2-1-3-11(18)6-9/h1-7,18H,8H2,(H,17,19). The maximum absolute atomic E-state index is 13.5. The van der Waals surface area contributed by atoms with Gasteiger partial charge in [-0.3, -0.25) is 4.79 Å². The van der Waals surface area contributed by atoms with Gasteiger partial charge < -0.3 is 10.4 Å². The minimum Gasteiger partial charge on any atom is -0.508 e. The van der Waals surface area contributed by atoms with E-state index in [9.17, 15) is 14.3 Å². The van der Waals surface area contributed by atoms with Crippen molar-refractivity contribution in [3.63, 3.8) is 0 Å². The number of rotatable bonds is 3. The third kappa shape index (κ3) is 3.45. The van der Waals surface area contributed by atoms with Gasteiger partial charge in [0.1, 0.15) is 11.6 Å². The second kappa shape index (κ2) is 5.71. The number of halogens is 2. The van der Waals surface area contributed by atoms with Crippen LogP contribution in [0.2, 0.25) is 5.02 Å². The quantitative estimate of drug-likeness (QED) is 0.907.